The van der Waals surface area contributed by atoms with E-state index < -0.39 is 0 Å². The summed E-state index contributed by atoms with van der Waals surface area (Å²) in [5.74, 6) is 0.690. The van der Waals surface area contributed by atoms with Gasteiger partial charge in [-0.05, 0) is 61.7 Å². The van der Waals surface area contributed by atoms with Gasteiger partial charge in [-0.25, -0.2) is 0 Å². The standard InChI is InChI=1S/C14H22O/c15-14-7-3-4-11(14)13(5-1-2-6-13)12(10-14)8-9-12/h11,15H,1-10H2/t11-,14-/m0/s1. The summed E-state index contributed by atoms with van der Waals surface area (Å²) in [5.41, 5.74) is 1.02. The Morgan fingerprint density at radius 3 is 2.27 bits per heavy atom. The van der Waals surface area contributed by atoms with E-state index >= 15 is 0 Å². The minimum Gasteiger partial charge on any atom is -0.390 e. The summed E-state index contributed by atoms with van der Waals surface area (Å²) in [6, 6.07) is 0. The van der Waals surface area contributed by atoms with Gasteiger partial charge in [0, 0.05) is 0 Å². The fourth-order valence-electron chi connectivity index (χ4n) is 5.90. The quantitative estimate of drug-likeness (QED) is 0.645. The van der Waals surface area contributed by atoms with Crippen LogP contribution in [0.3, 0.4) is 0 Å². The van der Waals surface area contributed by atoms with Gasteiger partial charge < -0.3 is 5.11 Å². The Morgan fingerprint density at radius 1 is 0.867 bits per heavy atom. The lowest BCUT2D eigenvalue weighted by atomic mass is 9.67. The molecule has 0 aromatic carbocycles. The van der Waals surface area contributed by atoms with E-state index in [9.17, 15) is 5.11 Å². The first-order valence-corrected chi connectivity index (χ1v) is 6.93. The van der Waals surface area contributed by atoms with Gasteiger partial charge in [-0.15, -0.1) is 0 Å². The van der Waals surface area contributed by atoms with Gasteiger partial charge in [-0.1, -0.05) is 19.3 Å². The first-order chi connectivity index (χ1) is 7.21. The molecule has 0 bridgehead atoms. The molecule has 4 saturated carbocycles. The maximum Gasteiger partial charge on any atom is 0.0686 e. The molecule has 15 heavy (non-hydrogen) atoms. The second-order valence-electron chi connectivity index (χ2n) is 6.87. The van der Waals surface area contributed by atoms with E-state index in [0.717, 1.165) is 6.42 Å². The van der Waals surface area contributed by atoms with Crippen LogP contribution in [0.1, 0.15) is 64.2 Å². The van der Waals surface area contributed by atoms with Crippen LogP contribution in [0.15, 0.2) is 0 Å². The van der Waals surface area contributed by atoms with E-state index in [1.165, 1.54) is 57.8 Å². The Labute approximate surface area is 92.3 Å². The topological polar surface area (TPSA) is 20.2 Å². The van der Waals surface area contributed by atoms with Crippen LogP contribution in [0.2, 0.25) is 0 Å². The molecule has 84 valence electrons. The van der Waals surface area contributed by atoms with Crippen molar-refractivity contribution in [3.63, 3.8) is 0 Å². The van der Waals surface area contributed by atoms with E-state index in [4.69, 9.17) is 0 Å². The Kier molecular flexibility index (Phi) is 1.47. The monoisotopic (exact) mass is 206 g/mol. The van der Waals surface area contributed by atoms with Crippen molar-refractivity contribution in [2.75, 3.05) is 0 Å². The van der Waals surface area contributed by atoms with Crippen LogP contribution in [0.4, 0.5) is 0 Å². The summed E-state index contributed by atoms with van der Waals surface area (Å²) in [6.07, 6.45) is 13.5. The number of rotatable bonds is 0. The lowest BCUT2D eigenvalue weighted by Gasteiger charge is -2.37. The van der Waals surface area contributed by atoms with Gasteiger partial charge in [0.15, 0.2) is 0 Å². The minimum atomic E-state index is -0.221. The fourth-order valence-corrected chi connectivity index (χ4v) is 5.90. The lowest BCUT2D eigenvalue weighted by Crippen LogP contribution is -2.35. The largest absolute Gasteiger partial charge is 0.390 e. The molecule has 0 saturated heterocycles. The highest BCUT2D eigenvalue weighted by Crippen LogP contribution is 2.79. The molecule has 4 aliphatic carbocycles. The van der Waals surface area contributed by atoms with Crippen LogP contribution in [0.5, 0.6) is 0 Å². The second-order valence-corrected chi connectivity index (χ2v) is 6.87. The van der Waals surface area contributed by atoms with E-state index in [0.29, 0.717) is 16.7 Å². The number of hydrogen-bond donors (Lipinski definition) is 1. The summed E-state index contributed by atoms with van der Waals surface area (Å²) in [4.78, 5) is 0. The zero-order valence-electron chi connectivity index (χ0n) is 9.60. The molecule has 0 unspecified atom stereocenters. The molecule has 1 heteroatoms. The predicted molar refractivity (Wildman–Crippen MR) is 59.5 cm³/mol. The fraction of sp³-hybridized carbons (Fsp3) is 1.00. The van der Waals surface area contributed by atoms with Crippen molar-refractivity contribution in [3.8, 4) is 0 Å². The lowest BCUT2D eigenvalue weighted by molar-refractivity contribution is -0.00421. The molecule has 4 aliphatic rings. The van der Waals surface area contributed by atoms with E-state index in [2.05, 4.69) is 0 Å². The number of aliphatic hydroxyl groups is 1. The second kappa shape index (κ2) is 2.45. The summed E-state index contributed by atoms with van der Waals surface area (Å²) < 4.78 is 0. The van der Waals surface area contributed by atoms with Crippen molar-refractivity contribution in [2.24, 2.45) is 16.7 Å². The van der Waals surface area contributed by atoms with Crippen molar-refractivity contribution in [2.45, 2.75) is 69.8 Å². The van der Waals surface area contributed by atoms with Crippen LogP contribution in [-0.2, 0) is 0 Å². The Balaban J connectivity index is 1.81. The molecule has 1 N–H and O–H groups in total. The van der Waals surface area contributed by atoms with E-state index in [1.54, 1.807) is 0 Å². The molecule has 4 rings (SSSR count). The highest BCUT2D eigenvalue weighted by Gasteiger charge is 2.73. The number of hydrogen-bond acceptors (Lipinski definition) is 1. The molecule has 0 amide bonds. The molecule has 1 nitrogen and oxygen atoms in total. The van der Waals surface area contributed by atoms with Crippen molar-refractivity contribution >= 4 is 0 Å². The van der Waals surface area contributed by atoms with Gasteiger partial charge >= 0.3 is 0 Å². The molecular weight excluding hydrogens is 184 g/mol. The van der Waals surface area contributed by atoms with Gasteiger partial charge in [0.05, 0.1) is 5.60 Å². The Bertz CT molecular complexity index is 298. The third-order valence-electron chi connectivity index (χ3n) is 6.47. The summed E-state index contributed by atoms with van der Waals surface area (Å²) in [7, 11) is 0. The van der Waals surface area contributed by atoms with E-state index in [-0.39, 0.29) is 5.60 Å². The van der Waals surface area contributed by atoms with Crippen LogP contribution in [0, 0.1) is 16.7 Å². The molecule has 0 aliphatic heterocycles. The third-order valence-corrected chi connectivity index (χ3v) is 6.47. The number of fused-ring (bicyclic) bond motifs is 3. The average Bonchev–Trinajstić information content (AvgIpc) is 2.62. The van der Waals surface area contributed by atoms with Gasteiger partial charge in [0.2, 0.25) is 0 Å². The van der Waals surface area contributed by atoms with Gasteiger partial charge in [-0.2, -0.15) is 0 Å². The smallest absolute Gasteiger partial charge is 0.0686 e. The normalized spacial score (nSPS) is 49.0. The van der Waals surface area contributed by atoms with Crippen LogP contribution in [0.25, 0.3) is 0 Å². The Hall–Kier alpha value is -0.0400. The van der Waals surface area contributed by atoms with E-state index in [1.807, 2.05) is 0 Å². The van der Waals surface area contributed by atoms with Crippen molar-refractivity contribution in [1.29, 1.82) is 0 Å². The Morgan fingerprint density at radius 2 is 1.60 bits per heavy atom. The summed E-state index contributed by atoms with van der Waals surface area (Å²) in [5, 5.41) is 10.8. The first-order valence-electron chi connectivity index (χ1n) is 6.93. The molecule has 2 spiro atoms. The molecule has 2 atom stereocenters. The van der Waals surface area contributed by atoms with Crippen LogP contribution >= 0.6 is 0 Å². The molecular formula is C14H22O. The molecule has 4 fully saturated rings. The van der Waals surface area contributed by atoms with Crippen LogP contribution < -0.4 is 0 Å². The average molecular weight is 206 g/mol. The van der Waals surface area contributed by atoms with Gasteiger partial charge in [0.1, 0.15) is 0 Å². The van der Waals surface area contributed by atoms with Crippen molar-refractivity contribution in [3.05, 3.63) is 0 Å². The highest BCUT2D eigenvalue weighted by molar-refractivity contribution is 5.23. The van der Waals surface area contributed by atoms with Gasteiger partial charge in [0.25, 0.3) is 0 Å². The minimum absolute atomic E-state index is 0.221. The highest BCUT2D eigenvalue weighted by atomic mass is 16.3. The summed E-state index contributed by atoms with van der Waals surface area (Å²) >= 11 is 0. The molecule has 0 aromatic rings. The van der Waals surface area contributed by atoms with Crippen molar-refractivity contribution < 1.29 is 5.11 Å². The maximum atomic E-state index is 10.8. The zero-order valence-corrected chi connectivity index (χ0v) is 9.60. The molecule has 0 radical (unpaired) electrons. The molecule has 0 aromatic heterocycles. The van der Waals surface area contributed by atoms with Crippen molar-refractivity contribution in [1.82, 2.24) is 0 Å². The first kappa shape index (κ1) is 9.04. The van der Waals surface area contributed by atoms with Gasteiger partial charge in [-0.3, -0.25) is 0 Å². The molecule has 0 heterocycles. The summed E-state index contributed by atoms with van der Waals surface area (Å²) in [6.45, 7) is 0. The SMILES string of the molecule is O[C@]12CCC[C@H]1C1(CCCC1)C1(CC1)C2. The maximum absolute atomic E-state index is 10.8. The third kappa shape index (κ3) is 0.868. The zero-order chi connectivity index (χ0) is 10.1. The predicted octanol–water partition coefficient (Wildman–Crippen LogP) is 3.26. The van der Waals surface area contributed by atoms with Crippen LogP contribution in [-0.4, -0.2) is 10.7 Å².